The van der Waals surface area contributed by atoms with E-state index in [1.165, 1.54) is 12.1 Å². The number of nitrogens with two attached hydrogens (primary N) is 1. The third kappa shape index (κ3) is 2.71. The minimum Gasteiger partial charge on any atom is -0.467 e. The Balaban J connectivity index is 2.13. The third-order valence-electron chi connectivity index (χ3n) is 2.06. The molecule has 7 nitrogen and oxygen atoms in total. The first-order valence-electron chi connectivity index (χ1n) is 4.83. The summed E-state index contributed by atoms with van der Waals surface area (Å²) < 4.78 is 5.11. The molecule has 0 bridgehead atoms. The number of rotatable bonds is 4. The zero-order valence-corrected chi connectivity index (χ0v) is 8.79. The minimum absolute atomic E-state index is 0.0977. The van der Waals surface area contributed by atoms with Crippen LogP contribution in [0.25, 0.3) is 0 Å². The van der Waals surface area contributed by atoms with Gasteiger partial charge in [0, 0.05) is 0 Å². The zero-order valence-electron chi connectivity index (χ0n) is 8.79. The first kappa shape index (κ1) is 10.9. The Kier molecular flexibility index (Phi) is 2.91. The molecule has 88 valence electrons. The van der Waals surface area contributed by atoms with E-state index in [1.807, 2.05) is 0 Å². The van der Waals surface area contributed by atoms with Gasteiger partial charge in [0.15, 0.2) is 0 Å². The number of hydrogen-bond acceptors (Lipinski definition) is 6. The fourth-order valence-corrected chi connectivity index (χ4v) is 1.32. The molecule has 0 saturated heterocycles. The van der Waals surface area contributed by atoms with Gasteiger partial charge in [-0.3, -0.25) is 10.1 Å². The molecule has 17 heavy (non-hydrogen) atoms. The minimum atomic E-state index is -0.518. The summed E-state index contributed by atoms with van der Waals surface area (Å²) in [4.78, 5) is 14.0. The van der Waals surface area contributed by atoms with Gasteiger partial charge in [-0.05, 0) is 12.1 Å². The van der Waals surface area contributed by atoms with Crippen molar-refractivity contribution < 1.29 is 9.34 Å². The fourth-order valence-electron chi connectivity index (χ4n) is 1.32. The molecule has 0 amide bonds. The summed E-state index contributed by atoms with van der Waals surface area (Å²) in [5.74, 6) is 1.14. The predicted molar refractivity (Wildman–Crippen MR) is 61.3 cm³/mol. The fraction of sp³-hybridized carbons (Fsp3) is 0.100. The smallest absolute Gasteiger partial charge is 0.276 e. The molecule has 0 unspecified atom stereocenters. The highest BCUT2D eigenvalue weighted by molar-refractivity contribution is 5.52. The maximum Gasteiger partial charge on any atom is 0.276 e. The van der Waals surface area contributed by atoms with E-state index in [4.69, 9.17) is 10.2 Å². The number of nitrogens with one attached hydrogen (secondary N) is 1. The van der Waals surface area contributed by atoms with Gasteiger partial charge in [0.1, 0.15) is 17.4 Å². The highest BCUT2D eigenvalue weighted by atomic mass is 16.6. The average Bonchev–Trinajstić information content (AvgIpc) is 2.78. The highest BCUT2D eigenvalue weighted by Gasteiger charge is 2.09. The molecular formula is C10H10N4O3. The summed E-state index contributed by atoms with van der Waals surface area (Å²) in [5.41, 5.74) is 5.37. The van der Waals surface area contributed by atoms with Crippen LogP contribution in [0.4, 0.5) is 17.3 Å². The van der Waals surface area contributed by atoms with Crippen LogP contribution in [-0.2, 0) is 6.54 Å². The van der Waals surface area contributed by atoms with E-state index in [-0.39, 0.29) is 11.5 Å². The van der Waals surface area contributed by atoms with E-state index in [2.05, 4.69) is 10.3 Å². The summed E-state index contributed by atoms with van der Waals surface area (Å²) in [6.45, 7) is 0.389. The molecule has 0 spiro atoms. The molecule has 0 aliphatic heterocycles. The van der Waals surface area contributed by atoms with Crippen LogP contribution in [0.1, 0.15) is 5.76 Å². The van der Waals surface area contributed by atoms with Crippen molar-refractivity contribution in [1.82, 2.24) is 4.98 Å². The summed E-state index contributed by atoms with van der Waals surface area (Å²) >= 11 is 0. The van der Waals surface area contributed by atoms with Crippen LogP contribution in [0.2, 0.25) is 0 Å². The van der Waals surface area contributed by atoms with E-state index in [9.17, 15) is 10.1 Å². The van der Waals surface area contributed by atoms with Crippen molar-refractivity contribution in [2.45, 2.75) is 6.54 Å². The van der Waals surface area contributed by atoms with E-state index >= 15 is 0 Å². The SMILES string of the molecule is Nc1cc([N+](=O)[O-])cc(NCc2ccco2)n1. The number of furan rings is 1. The Labute approximate surface area is 96.4 Å². The Morgan fingerprint density at radius 3 is 3.00 bits per heavy atom. The molecular weight excluding hydrogens is 224 g/mol. The van der Waals surface area contributed by atoms with Gasteiger partial charge in [-0.15, -0.1) is 0 Å². The number of nitro groups is 1. The molecule has 3 N–H and O–H groups in total. The first-order chi connectivity index (χ1) is 8.15. The van der Waals surface area contributed by atoms with Crippen molar-refractivity contribution in [1.29, 1.82) is 0 Å². The number of nitrogens with zero attached hydrogens (tertiary/aromatic N) is 2. The van der Waals surface area contributed by atoms with E-state index in [1.54, 1.807) is 18.4 Å². The third-order valence-corrected chi connectivity index (χ3v) is 2.06. The molecule has 2 heterocycles. The molecule has 2 rings (SSSR count). The van der Waals surface area contributed by atoms with Gasteiger partial charge in [0.25, 0.3) is 5.69 Å². The largest absolute Gasteiger partial charge is 0.467 e. The molecule has 7 heteroatoms. The van der Waals surface area contributed by atoms with Crippen molar-refractivity contribution in [3.8, 4) is 0 Å². The Hall–Kier alpha value is -2.57. The van der Waals surface area contributed by atoms with Gasteiger partial charge >= 0.3 is 0 Å². The van der Waals surface area contributed by atoms with E-state index in [0.717, 1.165) is 0 Å². The molecule has 0 aliphatic rings. The normalized spacial score (nSPS) is 10.1. The second kappa shape index (κ2) is 4.52. The summed E-state index contributed by atoms with van der Waals surface area (Å²) in [6, 6.07) is 6.07. The van der Waals surface area contributed by atoms with Crippen molar-refractivity contribution in [2.75, 3.05) is 11.1 Å². The predicted octanol–water partition coefficient (Wildman–Crippen LogP) is 1.78. The molecule has 0 radical (unpaired) electrons. The van der Waals surface area contributed by atoms with Crippen molar-refractivity contribution in [3.05, 3.63) is 46.4 Å². The lowest BCUT2D eigenvalue weighted by Crippen LogP contribution is -2.03. The van der Waals surface area contributed by atoms with Crippen LogP contribution in [0.5, 0.6) is 0 Å². The van der Waals surface area contributed by atoms with Crippen molar-refractivity contribution in [2.24, 2.45) is 0 Å². The van der Waals surface area contributed by atoms with Crippen LogP contribution in [0, 0.1) is 10.1 Å². The van der Waals surface area contributed by atoms with Gasteiger partial charge in [-0.2, -0.15) is 0 Å². The monoisotopic (exact) mass is 234 g/mol. The maximum atomic E-state index is 10.6. The lowest BCUT2D eigenvalue weighted by Gasteiger charge is -2.04. The van der Waals surface area contributed by atoms with Crippen LogP contribution in [0.3, 0.4) is 0 Å². The van der Waals surface area contributed by atoms with Crippen LogP contribution in [-0.4, -0.2) is 9.91 Å². The second-order valence-electron chi connectivity index (χ2n) is 3.33. The maximum absolute atomic E-state index is 10.6. The summed E-state index contributed by atoms with van der Waals surface area (Å²) in [6.07, 6.45) is 1.55. The van der Waals surface area contributed by atoms with E-state index in [0.29, 0.717) is 18.1 Å². The van der Waals surface area contributed by atoms with Gasteiger partial charge in [0.05, 0.1) is 29.9 Å². The van der Waals surface area contributed by atoms with Crippen LogP contribution >= 0.6 is 0 Å². The quantitative estimate of drug-likeness (QED) is 0.616. The number of nitrogen functional groups attached to an aromatic ring is 1. The van der Waals surface area contributed by atoms with Crippen molar-refractivity contribution in [3.63, 3.8) is 0 Å². The lowest BCUT2D eigenvalue weighted by atomic mass is 10.3. The first-order valence-corrected chi connectivity index (χ1v) is 4.83. The van der Waals surface area contributed by atoms with Crippen LogP contribution in [0.15, 0.2) is 34.9 Å². The second-order valence-corrected chi connectivity index (χ2v) is 3.33. The number of hydrogen-bond donors (Lipinski definition) is 2. The topological polar surface area (TPSA) is 107 Å². The molecule has 0 aliphatic carbocycles. The van der Waals surface area contributed by atoms with Gasteiger partial charge in [0.2, 0.25) is 0 Å². The Bertz CT molecular complexity index is 524. The summed E-state index contributed by atoms with van der Waals surface area (Å²) in [5, 5.41) is 13.5. The van der Waals surface area contributed by atoms with Crippen LogP contribution < -0.4 is 11.1 Å². The lowest BCUT2D eigenvalue weighted by molar-refractivity contribution is -0.384. The molecule has 0 atom stereocenters. The Morgan fingerprint density at radius 1 is 1.53 bits per heavy atom. The summed E-state index contributed by atoms with van der Waals surface area (Å²) in [7, 11) is 0. The van der Waals surface area contributed by atoms with Crippen molar-refractivity contribution >= 4 is 17.3 Å². The molecule has 2 aromatic rings. The molecule has 0 aromatic carbocycles. The molecule has 0 fully saturated rings. The number of anilines is 2. The number of aromatic nitrogens is 1. The average molecular weight is 234 g/mol. The van der Waals surface area contributed by atoms with Gasteiger partial charge in [-0.1, -0.05) is 0 Å². The van der Waals surface area contributed by atoms with E-state index < -0.39 is 4.92 Å². The molecule has 2 aromatic heterocycles. The Morgan fingerprint density at radius 2 is 2.35 bits per heavy atom. The number of pyridine rings is 1. The standard InChI is InChI=1S/C10H10N4O3/c11-9-4-7(14(15)16)5-10(13-9)12-6-8-2-1-3-17-8/h1-5H,6H2,(H3,11,12,13). The van der Waals surface area contributed by atoms with Gasteiger partial charge < -0.3 is 15.5 Å². The highest BCUT2D eigenvalue weighted by Crippen LogP contribution is 2.19. The van der Waals surface area contributed by atoms with Gasteiger partial charge in [-0.25, -0.2) is 4.98 Å². The zero-order chi connectivity index (χ0) is 12.3. The molecule has 0 saturated carbocycles.